The van der Waals surface area contributed by atoms with Crippen molar-refractivity contribution in [2.75, 3.05) is 6.54 Å². The van der Waals surface area contributed by atoms with Gasteiger partial charge in [-0.05, 0) is 30.4 Å². The zero-order valence-corrected chi connectivity index (χ0v) is 11.4. The lowest BCUT2D eigenvalue weighted by Crippen LogP contribution is -2.43. The zero-order chi connectivity index (χ0) is 13.5. The van der Waals surface area contributed by atoms with Gasteiger partial charge in [0.2, 0.25) is 0 Å². The largest absolute Gasteiger partial charge is 0.480 e. The number of carboxylic acids is 1. The second kappa shape index (κ2) is 7.17. The van der Waals surface area contributed by atoms with Gasteiger partial charge in [0.1, 0.15) is 6.04 Å². The van der Waals surface area contributed by atoms with E-state index in [-0.39, 0.29) is 5.92 Å². The number of carboxylic acid groups (broad SMARTS) is 1. The second-order valence-corrected chi connectivity index (χ2v) is 5.26. The molecule has 0 amide bonds. The van der Waals surface area contributed by atoms with Gasteiger partial charge >= 0.3 is 5.97 Å². The standard InChI is InChI=1S/C15H23NO2/c1-11(2)14(15(17)18)16-10-12(3)9-13-7-5-4-6-8-13/h4-8,11-12,14,16H,9-10H2,1-3H3,(H,17,18)/t12?,14-/m0/s1. The third kappa shape index (κ3) is 4.88. The predicted molar refractivity (Wildman–Crippen MR) is 73.6 cm³/mol. The number of benzene rings is 1. The van der Waals surface area contributed by atoms with Crippen molar-refractivity contribution < 1.29 is 9.90 Å². The first-order valence-corrected chi connectivity index (χ1v) is 6.50. The normalized spacial score (nSPS) is 14.4. The Morgan fingerprint density at radius 1 is 1.22 bits per heavy atom. The molecule has 0 aliphatic carbocycles. The van der Waals surface area contributed by atoms with Crippen molar-refractivity contribution in [3.05, 3.63) is 35.9 Å². The van der Waals surface area contributed by atoms with Crippen molar-refractivity contribution in [1.82, 2.24) is 5.32 Å². The molecule has 0 bridgehead atoms. The van der Waals surface area contributed by atoms with Crippen LogP contribution in [-0.2, 0) is 11.2 Å². The van der Waals surface area contributed by atoms with Crippen molar-refractivity contribution in [2.45, 2.75) is 33.2 Å². The van der Waals surface area contributed by atoms with E-state index in [9.17, 15) is 4.79 Å². The van der Waals surface area contributed by atoms with E-state index in [0.717, 1.165) is 13.0 Å². The number of nitrogens with one attached hydrogen (secondary N) is 1. The molecule has 0 radical (unpaired) electrons. The van der Waals surface area contributed by atoms with E-state index in [4.69, 9.17) is 5.11 Å². The fourth-order valence-corrected chi connectivity index (χ4v) is 2.02. The highest BCUT2D eigenvalue weighted by Gasteiger charge is 2.21. The molecule has 0 spiro atoms. The van der Waals surface area contributed by atoms with E-state index in [1.54, 1.807) is 0 Å². The van der Waals surface area contributed by atoms with Crippen LogP contribution in [0.3, 0.4) is 0 Å². The molecule has 0 aromatic heterocycles. The Balaban J connectivity index is 2.41. The molecule has 2 atom stereocenters. The average Bonchev–Trinajstić information content (AvgIpc) is 2.29. The summed E-state index contributed by atoms with van der Waals surface area (Å²) in [7, 11) is 0. The summed E-state index contributed by atoms with van der Waals surface area (Å²) in [5.41, 5.74) is 1.29. The van der Waals surface area contributed by atoms with Crippen LogP contribution in [0.15, 0.2) is 30.3 Å². The van der Waals surface area contributed by atoms with Crippen LogP contribution in [0.5, 0.6) is 0 Å². The molecule has 0 heterocycles. The maximum Gasteiger partial charge on any atom is 0.320 e. The summed E-state index contributed by atoms with van der Waals surface area (Å²) in [6.45, 7) is 6.71. The first kappa shape index (κ1) is 14.7. The summed E-state index contributed by atoms with van der Waals surface area (Å²) >= 11 is 0. The summed E-state index contributed by atoms with van der Waals surface area (Å²) in [5, 5.41) is 12.2. The van der Waals surface area contributed by atoms with Gasteiger partial charge in [-0.3, -0.25) is 4.79 Å². The molecule has 0 aliphatic heterocycles. The topological polar surface area (TPSA) is 49.3 Å². The van der Waals surface area contributed by atoms with Gasteiger partial charge in [0, 0.05) is 0 Å². The molecule has 0 saturated carbocycles. The molecular weight excluding hydrogens is 226 g/mol. The highest BCUT2D eigenvalue weighted by molar-refractivity contribution is 5.73. The van der Waals surface area contributed by atoms with Crippen molar-refractivity contribution in [3.63, 3.8) is 0 Å². The van der Waals surface area contributed by atoms with Crippen molar-refractivity contribution in [2.24, 2.45) is 11.8 Å². The Morgan fingerprint density at radius 2 is 1.83 bits per heavy atom. The fourth-order valence-electron chi connectivity index (χ4n) is 2.02. The number of hydrogen-bond acceptors (Lipinski definition) is 2. The molecule has 0 saturated heterocycles. The molecule has 100 valence electrons. The van der Waals surface area contributed by atoms with E-state index < -0.39 is 12.0 Å². The summed E-state index contributed by atoms with van der Waals surface area (Å²) in [6, 6.07) is 9.82. The van der Waals surface area contributed by atoms with Crippen molar-refractivity contribution in [3.8, 4) is 0 Å². The number of rotatable bonds is 7. The molecule has 18 heavy (non-hydrogen) atoms. The third-order valence-corrected chi connectivity index (χ3v) is 3.05. The summed E-state index contributed by atoms with van der Waals surface area (Å²) in [5.74, 6) is -0.240. The first-order chi connectivity index (χ1) is 8.50. The van der Waals surface area contributed by atoms with E-state index in [0.29, 0.717) is 5.92 Å². The Hall–Kier alpha value is -1.35. The average molecular weight is 249 g/mol. The van der Waals surface area contributed by atoms with Crippen LogP contribution in [0.25, 0.3) is 0 Å². The van der Waals surface area contributed by atoms with Crippen LogP contribution in [0, 0.1) is 11.8 Å². The fraction of sp³-hybridized carbons (Fsp3) is 0.533. The second-order valence-electron chi connectivity index (χ2n) is 5.26. The van der Waals surface area contributed by atoms with Gasteiger partial charge in [0.15, 0.2) is 0 Å². The molecule has 1 rings (SSSR count). The van der Waals surface area contributed by atoms with Gasteiger partial charge in [0.05, 0.1) is 0 Å². The number of hydrogen-bond donors (Lipinski definition) is 2. The minimum atomic E-state index is -0.767. The van der Waals surface area contributed by atoms with E-state index in [1.807, 2.05) is 32.0 Å². The van der Waals surface area contributed by atoms with Crippen LogP contribution in [0.2, 0.25) is 0 Å². The van der Waals surface area contributed by atoms with Crippen molar-refractivity contribution >= 4 is 5.97 Å². The van der Waals surface area contributed by atoms with Gasteiger partial charge in [-0.25, -0.2) is 0 Å². The van der Waals surface area contributed by atoms with E-state index >= 15 is 0 Å². The van der Waals surface area contributed by atoms with Crippen LogP contribution >= 0.6 is 0 Å². The van der Waals surface area contributed by atoms with Gasteiger partial charge < -0.3 is 10.4 Å². The minimum Gasteiger partial charge on any atom is -0.480 e. The molecule has 0 aliphatic rings. The molecular formula is C15H23NO2. The SMILES string of the molecule is CC(CN[C@H](C(=O)O)C(C)C)Cc1ccccc1. The van der Waals surface area contributed by atoms with Crippen LogP contribution < -0.4 is 5.32 Å². The van der Waals surface area contributed by atoms with E-state index in [2.05, 4.69) is 24.4 Å². The van der Waals surface area contributed by atoms with Gasteiger partial charge in [-0.2, -0.15) is 0 Å². The highest BCUT2D eigenvalue weighted by Crippen LogP contribution is 2.09. The summed E-state index contributed by atoms with van der Waals surface area (Å²) < 4.78 is 0. The van der Waals surface area contributed by atoms with Crippen LogP contribution in [0.1, 0.15) is 26.3 Å². The highest BCUT2D eigenvalue weighted by atomic mass is 16.4. The lowest BCUT2D eigenvalue weighted by atomic mass is 9.99. The quantitative estimate of drug-likeness (QED) is 0.781. The van der Waals surface area contributed by atoms with Crippen molar-refractivity contribution in [1.29, 1.82) is 0 Å². The maximum absolute atomic E-state index is 11.0. The molecule has 1 unspecified atom stereocenters. The van der Waals surface area contributed by atoms with Gasteiger partial charge in [-0.15, -0.1) is 0 Å². The molecule has 3 nitrogen and oxygen atoms in total. The Kier molecular flexibility index (Phi) is 5.86. The molecule has 0 fully saturated rings. The third-order valence-electron chi connectivity index (χ3n) is 3.05. The van der Waals surface area contributed by atoms with Crippen LogP contribution in [-0.4, -0.2) is 23.7 Å². The zero-order valence-electron chi connectivity index (χ0n) is 11.4. The van der Waals surface area contributed by atoms with Gasteiger partial charge in [0.25, 0.3) is 0 Å². The first-order valence-electron chi connectivity index (χ1n) is 6.50. The lowest BCUT2D eigenvalue weighted by Gasteiger charge is -2.20. The summed E-state index contributed by atoms with van der Waals surface area (Å²) in [6.07, 6.45) is 0.971. The molecule has 3 heteroatoms. The Bertz CT molecular complexity index is 362. The molecule has 1 aromatic carbocycles. The Labute approximate surface area is 109 Å². The lowest BCUT2D eigenvalue weighted by molar-refractivity contribution is -0.140. The number of aliphatic carboxylic acids is 1. The van der Waals surface area contributed by atoms with E-state index in [1.165, 1.54) is 5.56 Å². The maximum atomic E-state index is 11.0. The molecule has 2 N–H and O–H groups in total. The summed E-state index contributed by atoms with van der Waals surface area (Å²) in [4.78, 5) is 11.0. The molecule has 1 aromatic rings. The van der Waals surface area contributed by atoms with Gasteiger partial charge in [-0.1, -0.05) is 51.1 Å². The smallest absolute Gasteiger partial charge is 0.320 e. The predicted octanol–water partition coefficient (Wildman–Crippen LogP) is 2.56. The minimum absolute atomic E-state index is 0.103. The Morgan fingerprint density at radius 3 is 2.33 bits per heavy atom. The monoisotopic (exact) mass is 249 g/mol. The number of carbonyl (C=O) groups is 1. The van der Waals surface area contributed by atoms with Crippen LogP contribution in [0.4, 0.5) is 0 Å².